The van der Waals surface area contributed by atoms with Crippen molar-refractivity contribution in [2.75, 3.05) is 0 Å². The molecule has 4 rings (SSSR count). The van der Waals surface area contributed by atoms with Gasteiger partial charge < -0.3 is 0 Å². The maximum Gasteiger partial charge on any atom is -0.00756 e. The van der Waals surface area contributed by atoms with E-state index in [1.54, 1.807) is 5.57 Å². The molecule has 2 fully saturated rings. The zero-order valence-electron chi connectivity index (χ0n) is 6.56. The molecular formula is C10H14. The van der Waals surface area contributed by atoms with E-state index in [4.69, 9.17) is 0 Å². The van der Waals surface area contributed by atoms with E-state index in [-0.39, 0.29) is 0 Å². The largest absolute Gasteiger partial charge is 0.0785 e. The van der Waals surface area contributed by atoms with Crippen LogP contribution in [0, 0.1) is 17.3 Å². The SMILES string of the molecule is CCC1=CC23CCC2C1C3. The zero-order valence-corrected chi connectivity index (χ0v) is 6.56. The van der Waals surface area contributed by atoms with Crippen LogP contribution in [0.2, 0.25) is 0 Å². The fourth-order valence-corrected chi connectivity index (χ4v) is 3.40. The van der Waals surface area contributed by atoms with Crippen molar-refractivity contribution in [2.24, 2.45) is 17.3 Å². The van der Waals surface area contributed by atoms with Gasteiger partial charge in [-0.05, 0) is 42.9 Å². The predicted molar refractivity (Wildman–Crippen MR) is 41.6 cm³/mol. The molecule has 0 aromatic rings. The summed E-state index contributed by atoms with van der Waals surface area (Å²) in [6.07, 6.45) is 8.51. The number of rotatable bonds is 1. The molecule has 0 heteroatoms. The number of hydrogen-bond donors (Lipinski definition) is 0. The molecule has 3 atom stereocenters. The van der Waals surface area contributed by atoms with Gasteiger partial charge in [0.25, 0.3) is 0 Å². The van der Waals surface area contributed by atoms with Crippen molar-refractivity contribution in [3.05, 3.63) is 11.6 Å². The van der Waals surface area contributed by atoms with E-state index >= 15 is 0 Å². The van der Waals surface area contributed by atoms with Gasteiger partial charge >= 0.3 is 0 Å². The highest BCUT2D eigenvalue weighted by molar-refractivity contribution is 5.36. The molecule has 0 aliphatic heterocycles. The van der Waals surface area contributed by atoms with Crippen molar-refractivity contribution in [3.8, 4) is 0 Å². The molecule has 2 bridgehead atoms. The molecule has 0 nitrogen and oxygen atoms in total. The summed E-state index contributed by atoms with van der Waals surface area (Å²) >= 11 is 0. The van der Waals surface area contributed by atoms with E-state index in [1.165, 1.54) is 25.7 Å². The van der Waals surface area contributed by atoms with Crippen molar-refractivity contribution >= 4 is 0 Å². The van der Waals surface area contributed by atoms with Crippen molar-refractivity contribution in [3.63, 3.8) is 0 Å². The lowest BCUT2D eigenvalue weighted by Crippen LogP contribution is -2.49. The molecule has 10 heavy (non-hydrogen) atoms. The molecule has 0 heterocycles. The van der Waals surface area contributed by atoms with Gasteiger partial charge in [0.05, 0.1) is 0 Å². The Bertz CT molecular complexity index is 214. The lowest BCUT2D eigenvalue weighted by molar-refractivity contribution is -0.0519. The molecule has 0 radical (unpaired) electrons. The van der Waals surface area contributed by atoms with E-state index in [9.17, 15) is 0 Å². The molecular weight excluding hydrogens is 120 g/mol. The summed E-state index contributed by atoms with van der Waals surface area (Å²) in [5, 5.41) is 0. The monoisotopic (exact) mass is 134 g/mol. The van der Waals surface area contributed by atoms with Gasteiger partial charge in [0.15, 0.2) is 0 Å². The highest BCUT2D eigenvalue weighted by atomic mass is 14.7. The summed E-state index contributed by atoms with van der Waals surface area (Å²) in [4.78, 5) is 0. The Morgan fingerprint density at radius 3 is 2.90 bits per heavy atom. The Morgan fingerprint density at radius 2 is 2.60 bits per heavy atom. The third-order valence-corrected chi connectivity index (χ3v) is 4.10. The Kier molecular flexibility index (Phi) is 0.725. The number of hydrogen-bond acceptors (Lipinski definition) is 0. The minimum atomic E-state index is 0.788. The minimum Gasteiger partial charge on any atom is -0.0785 e. The van der Waals surface area contributed by atoms with Crippen LogP contribution in [0.3, 0.4) is 0 Å². The van der Waals surface area contributed by atoms with E-state index in [1.807, 2.05) is 0 Å². The topological polar surface area (TPSA) is 0 Å². The smallest absolute Gasteiger partial charge is 0.00756 e. The van der Waals surface area contributed by atoms with Crippen LogP contribution < -0.4 is 0 Å². The quantitative estimate of drug-likeness (QED) is 0.484. The normalized spacial score (nSPS) is 54.7. The molecule has 0 saturated heterocycles. The van der Waals surface area contributed by atoms with Crippen LogP contribution in [0.25, 0.3) is 0 Å². The molecule has 0 aromatic carbocycles. The lowest BCUT2D eigenvalue weighted by Gasteiger charge is -2.57. The second-order valence-corrected chi connectivity index (χ2v) is 4.26. The average molecular weight is 134 g/mol. The van der Waals surface area contributed by atoms with Crippen molar-refractivity contribution in [2.45, 2.75) is 32.6 Å². The van der Waals surface area contributed by atoms with Crippen molar-refractivity contribution in [1.29, 1.82) is 0 Å². The highest BCUT2D eigenvalue weighted by Crippen LogP contribution is 2.72. The fourth-order valence-electron chi connectivity index (χ4n) is 3.40. The minimum absolute atomic E-state index is 0.788. The van der Waals surface area contributed by atoms with E-state index in [2.05, 4.69) is 13.0 Å². The van der Waals surface area contributed by atoms with Crippen LogP contribution in [0.4, 0.5) is 0 Å². The third-order valence-electron chi connectivity index (χ3n) is 4.10. The van der Waals surface area contributed by atoms with Crippen LogP contribution in [0.15, 0.2) is 11.6 Å². The van der Waals surface area contributed by atoms with E-state index in [0.717, 1.165) is 17.3 Å². The van der Waals surface area contributed by atoms with Gasteiger partial charge in [0.2, 0.25) is 0 Å². The van der Waals surface area contributed by atoms with Crippen LogP contribution in [-0.4, -0.2) is 0 Å². The molecule has 1 spiro atoms. The maximum absolute atomic E-state index is 2.62. The summed E-state index contributed by atoms with van der Waals surface area (Å²) in [5.74, 6) is 2.18. The highest BCUT2D eigenvalue weighted by Gasteiger charge is 2.63. The molecule has 54 valence electrons. The van der Waals surface area contributed by atoms with Crippen LogP contribution in [0.5, 0.6) is 0 Å². The van der Waals surface area contributed by atoms with Crippen molar-refractivity contribution in [1.82, 2.24) is 0 Å². The van der Waals surface area contributed by atoms with Gasteiger partial charge in [-0.1, -0.05) is 18.6 Å². The summed E-state index contributed by atoms with van der Waals surface area (Å²) in [7, 11) is 0. The standard InChI is InChI=1S/C10H14/c1-2-7-5-10-4-3-9(10)8(7)6-10/h5,8-9H,2-4,6H2,1H3. The summed E-state index contributed by atoms with van der Waals surface area (Å²) < 4.78 is 0. The summed E-state index contributed by atoms with van der Waals surface area (Å²) in [5.41, 5.74) is 2.58. The number of allylic oxidation sites excluding steroid dienone is 2. The van der Waals surface area contributed by atoms with Gasteiger partial charge in [-0.2, -0.15) is 0 Å². The molecule has 0 amide bonds. The van der Waals surface area contributed by atoms with Gasteiger partial charge in [-0.25, -0.2) is 0 Å². The van der Waals surface area contributed by atoms with Crippen LogP contribution in [0.1, 0.15) is 32.6 Å². The second kappa shape index (κ2) is 1.34. The van der Waals surface area contributed by atoms with Gasteiger partial charge in [-0.3, -0.25) is 0 Å². The van der Waals surface area contributed by atoms with Crippen LogP contribution >= 0.6 is 0 Å². The lowest BCUT2D eigenvalue weighted by atomic mass is 9.47. The third kappa shape index (κ3) is 0.349. The Hall–Kier alpha value is -0.260. The van der Waals surface area contributed by atoms with Gasteiger partial charge in [-0.15, -0.1) is 0 Å². The summed E-state index contributed by atoms with van der Waals surface area (Å²) in [6.45, 7) is 2.31. The fraction of sp³-hybridized carbons (Fsp3) is 0.800. The molecule has 2 saturated carbocycles. The molecule has 4 aliphatic rings. The molecule has 3 unspecified atom stereocenters. The molecule has 0 N–H and O–H groups in total. The Labute approximate surface area is 62.3 Å². The first-order valence-electron chi connectivity index (χ1n) is 4.57. The average Bonchev–Trinajstić information content (AvgIpc) is 2.37. The first-order valence-corrected chi connectivity index (χ1v) is 4.57. The predicted octanol–water partition coefficient (Wildman–Crippen LogP) is 2.75. The second-order valence-electron chi connectivity index (χ2n) is 4.26. The van der Waals surface area contributed by atoms with Crippen molar-refractivity contribution < 1.29 is 0 Å². The van der Waals surface area contributed by atoms with Crippen LogP contribution in [-0.2, 0) is 0 Å². The zero-order chi connectivity index (χ0) is 6.77. The van der Waals surface area contributed by atoms with Gasteiger partial charge in [0.1, 0.15) is 0 Å². The Morgan fingerprint density at radius 1 is 1.70 bits per heavy atom. The summed E-state index contributed by atoms with van der Waals surface area (Å²) in [6, 6.07) is 0. The Balaban J connectivity index is 1.98. The molecule has 4 aliphatic carbocycles. The van der Waals surface area contributed by atoms with E-state index in [0.29, 0.717) is 0 Å². The maximum atomic E-state index is 2.62. The molecule has 0 aromatic heterocycles. The first kappa shape index (κ1) is 5.40. The van der Waals surface area contributed by atoms with E-state index < -0.39 is 0 Å². The first-order chi connectivity index (χ1) is 4.86. The van der Waals surface area contributed by atoms with Gasteiger partial charge in [0, 0.05) is 0 Å².